The van der Waals surface area contributed by atoms with Crippen molar-refractivity contribution in [1.29, 1.82) is 0 Å². The summed E-state index contributed by atoms with van der Waals surface area (Å²) in [5.74, 6) is -0.0156. The van der Waals surface area contributed by atoms with Gasteiger partial charge in [0.15, 0.2) is 0 Å². The normalized spacial score (nSPS) is 15.4. The van der Waals surface area contributed by atoms with E-state index in [2.05, 4.69) is 34.3 Å². The fourth-order valence-electron chi connectivity index (χ4n) is 3.10. The summed E-state index contributed by atoms with van der Waals surface area (Å²) >= 11 is 1.54. The van der Waals surface area contributed by atoms with E-state index >= 15 is 0 Å². The van der Waals surface area contributed by atoms with Gasteiger partial charge >= 0.3 is 0 Å². The monoisotopic (exact) mass is 343 g/mol. The number of benzene rings is 1. The van der Waals surface area contributed by atoms with Crippen LogP contribution in [0.25, 0.3) is 0 Å². The number of hydrogen-bond acceptors (Lipinski definition) is 4. The quantitative estimate of drug-likeness (QED) is 0.901. The molecule has 1 saturated heterocycles. The van der Waals surface area contributed by atoms with Crippen molar-refractivity contribution in [3.05, 3.63) is 51.0 Å². The number of aryl methyl sites for hydroxylation is 2. The summed E-state index contributed by atoms with van der Waals surface area (Å²) in [5.41, 5.74) is 3.19. The minimum absolute atomic E-state index is 0.0156. The number of piperidine rings is 1. The molecule has 1 aliphatic rings. The molecule has 0 unspecified atom stereocenters. The summed E-state index contributed by atoms with van der Waals surface area (Å²) in [4.78, 5) is 20.3. The first kappa shape index (κ1) is 17.1. The Balaban J connectivity index is 1.61. The van der Waals surface area contributed by atoms with Crippen LogP contribution in [0.3, 0.4) is 0 Å². The van der Waals surface area contributed by atoms with Gasteiger partial charge in [0.2, 0.25) is 0 Å². The standard InChI is InChI=1S/C19H25N3OS/c1-14-8-4-5-9-16(14)12-20-19(23)18-15(2)21-17(24-18)13-22-10-6-3-7-11-22/h4-5,8-9H,3,6-7,10-13H2,1-2H3,(H,20,23). The molecule has 1 aromatic carbocycles. The molecule has 0 aliphatic carbocycles. The van der Waals surface area contributed by atoms with Gasteiger partial charge in [0.25, 0.3) is 5.91 Å². The van der Waals surface area contributed by atoms with E-state index in [0.29, 0.717) is 6.54 Å². The van der Waals surface area contributed by atoms with Crippen LogP contribution in [0.2, 0.25) is 0 Å². The van der Waals surface area contributed by atoms with E-state index in [9.17, 15) is 4.79 Å². The van der Waals surface area contributed by atoms with Crippen molar-refractivity contribution >= 4 is 17.2 Å². The molecule has 3 rings (SSSR count). The van der Waals surface area contributed by atoms with Gasteiger partial charge in [0.1, 0.15) is 9.88 Å². The first-order valence-electron chi connectivity index (χ1n) is 8.65. The van der Waals surface area contributed by atoms with E-state index in [0.717, 1.165) is 40.8 Å². The van der Waals surface area contributed by atoms with E-state index in [4.69, 9.17) is 0 Å². The number of likely N-dealkylation sites (tertiary alicyclic amines) is 1. The highest BCUT2D eigenvalue weighted by molar-refractivity contribution is 7.13. The summed E-state index contributed by atoms with van der Waals surface area (Å²) in [7, 11) is 0. The number of aromatic nitrogens is 1. The maximum absolute atomic E-state index is 12.5. The molecule has 1 fully saturated rings. The number of rotatable bonds is 5. The molecule has 0 radical (unpaired) electrons. The van der Waals surface area contributed by atoms with Gasteiger partial charge in [-0.2, -0.15) is 0 Å². The van der Waals surface area contributed by atoms with Crippen molar-refractivity contribution in [2.24, 2.45) is 0 Å². The summed E-state index contributed by atoms with van der Waals surface area (Å²) in [5, 5.41) is 4.08. The molecule has 1 aliphatic heterocycles. The lowest BCUT2D eigenvalue weighted by Gasteiger charge is -2.25. The molecule has 0 spiro atoms. The lowest BCUT2D eigenvalue weighted by Crippen LogP contribution is -2.29. The molecule has 24 heavy (non-hydrogen) atoms. The second-order valence-corrected chi connectivity index (χ2v) is 7.55. The maximum Gasteiger partial charge on any atom is 0.263 e. The van der Waals surface area contributed by atoms with Crippen LogP contribution in [0.4, 0.5) is 0 Å². The number of amides is 1. The highest BCUT2D eigenvalue weighted by Gasteiger charge is 2.18. The lowest BCUT2D eigenvalue weighted by atomic mass is 10.1. The van der Waals surface area contributed by atoms with Crippen LogP contribution in [0.1, 0.15) is 50.8 Å². The Morgan fingerprint density at radius 1 is 1.21 bits per heavy atom. The summed E-state index contributed by atoms with van der Waals surface area (Å²) in [6, 6.07) is 8.14. The van der Waals surface area contributed by atoms with Crippen molar-refractivity contribution in [3.63, 3.8) is 0 Å². The third-order valence-corrected chi connectivity index (χ3v) is 5.70. The van der Waals surface area contributed by atoms with E-state index in [1.54, 1.807) is 0 Å². The van der Waals surface area contributed by atoms with Crippen LogP contribution in [0, 0.1) is 13.8 Å². The van der Waals surface area contributed by atoms with Gasteiger partial charge in [0.05, 0.1) is 12.2 Å². The number of nitrogens with zero attached hydrogens (tertiary/aromatic N) is 2. The third kappa shape index (κ3) is 4.22. The zero-order chi connectivity index (χ0) is 16.9. The number of carbonyl (C=O) groups excluding carboxylic acids is 1. The van der Waals surface area contributed by atoms with Gasteiger partial charge < -0.3 is 5.32 Å². The maximum atomic E-state index is 12.5. The molecule has 1 N–H and O–H groups in total. The molecule has 0 saturated carbocycles. The van der Waals surface area contributed by atoms with Gasteiger partial charge in [-0.25, -0.2) is 4.98 Å². The van der Waals surface area contributed by atoms with Crippen molar-refractivity contribution in [2.75, 3.05) is 13.1 Å². The Labute approximate surface area is 147 Å². The van der Waals surface area contributed by atoms with Crippen molar-refractivity contribution in [1.82, 2.24) is 15.2 Å². The van der Waals surface area contributed by atoms with Gasteiger partial charge in [-0.05, 0) is 50.9 Å². The first-order valence-corrected chi connectivity index (χ1v) is 9.46. The second-order valence-electron chi connectivity index (χ2n) is 6.47. The Hall–Kier alpha value is -1.72. The van der Waals surface area contributed by atoms with Gasteiger partial charge in [0, 0.05) is 6.54 Å². The van der Waals surface area contributed by atoms with Crippen molar-refractivity contribution in [2.45, 2.75) is 46.2 Å². The molecule has 1 aromatic heterocycles. The van der Waals surface area contributed by atoms with E-state index in [1.165, 1.54) is 36.2 Å². The number of nitrogens with one attached hydrogen (secondary N) is 1. The van der Waals surface area contributed by atoms with Crippen LogP contribution in [-0.4, -0.2) is 28.9 Å². The van der Waals surface area contributed by atoms with Crippen LogP contribution < -0.4 is 5.32 Å². The van der Waals surface area contributed by atoms with E-state index in [-0.39, 0.29) is 5.91 Å². The Morgan fingerprint density at radius 3 is 2.71 bits per heavy atom. The summed E-state index contributed by atoms with van der Waals surface area (Å²) in [6.45, 7) is 7.72. The topological polar surface area (TPSA) is 45.2 Å². The van der Waals surface area contributed by atoms with E-state index in [1.807, 2.05) is 19.1 Å². The average Bonchev–Trinajstić information content (AvgIpc) is 2.95. The van der Waals surface area contributed by atoms with Gasteiger partial charge in [-0.15, -0.1) is 11.3 Å². The average molecular weight is 343 g/mol. The summed E-state index contributed by atoms with van der Waals surface area (Å²) in [6.07, 6.45) is 3.88. The Morgan fingerprint density at radius 2 is 1.96 bits per heavy atom. The molecule has 0 atom stereocenters. The highest BCUT2D eigenvalue weighted by Crippen LogP contribution is 2.21. The molecule has 1 amide bonds. The highest BCUT2D eigenvalue weighted by atomic mass is 32.1. The Kier molecular flexibility index (Phi) is 5.63. The summed E-state index contributed by atoms with van der Waals surface area (Å²) < 4.78 is 0. The number of carbonyl (C=O) groups is 1. The molecule has 2 heterocycles. The van der Waals surface area contributed by atoms with E-state index < -0.39 is 0 Å². The van der Waals surface area contributed by atoms with Crippen molar-refractivity contribution in [3.8, 4) is 0 Å². The Bertz CT molecular complexity index is 704. The number of hydrogen-bond donors (Lipinski definition) is 1. The minimum Gasteiger partial charge on any atom is -0.347 e. The molecular formula is C19H25N3OS. The fraction of sp³-hybridized carbons (Fsp3) is 0.474. The smallest absolute Gasteiger partial charge is 0.263 e. The predicted molar refractivity (Wildman–Crippen MR) is 98.3 cm³/mol. The fourth-order valence-corrected chi connectivity index (χ4v) is 4.13. The number of thiazole rings is 1. The minimum atomic E-state index is -0.0156. The molecular weight excluding hydrogens is 318 g/mol. The van der Waals surface area contributed by atoms with Crippen LogP contribution in [0.5, 0.6) is 0 Å². The van der Waals surface area contributed by atoms with Crippen LogP contribution in [0.15, 0.2) is 24.3 Å². The SMILES string of the molecule is Cc1ccccc1CNC(=O)c1sc(CN2CCCCC2)nc1C. The van der Waals surface area contributed by atoms with Gasteiger partial charge in [-0.1, -0.05) is 30.7 Å². The van der Waals surface area contributed by atoms with Crippen LogP contribution >= 0.6 is 11.3 Å². The first-order chi connectivity index (χ1) is 11.6. The largest absolute Gasteiger partial charge is 0.347 e. The van der Waals surface area contributed by atoms with Gasteiger partial charge in [-0.3, -0.25) is 9.69 Å². The molecule has 128 valence electrons. The second kappa shape index (κ2) is 7.90. The van der Waals surface area contributed by atoms with Crippen LogP contribution in [-0.2, 0) is 13.1 Å². The molecule has 2 aromatic rings. The van der Waals surface area contributed by atoms with Crippen molar-refractivity contribution < 1.29 is 4.79 Å². The third-order valence-electron chi connectivity index (χ3n) is 4.56. The molecule has 0 bridgehead atoms. The zero-order valence-electron chi connectivity index (χ0n) is 14.5. The predicted octanol–water partition coefficient (Wildman–Crippen LogP) is 3.68. The molecule has 5 heteroatoms. The zero-order valence-corrected chi connectivity index (χ0v) is 15.3. The molecule has 4 nitrogen and oxygen atoms in total. The lowest BCUT2D eigenvalue weighted by molar-refractivity contribution is 0.0954.